The number of hydrogen-bond acceptors (Lipinski definition) is 6. The van der Waals surface area contributed by atoms with Crippen LogP contribution in [0.5, 0.6) is 5.75 Å². The molecule has 2 fully saturated rings. The molecule has 2 saturated heterocycles. The number of halogens is 3. The molecular formula is C17H21F3N2O4. The number of hydrogen-bond donors (Lipinski definition) is 1. The fourth-order valence-electron chi connectivity index (χ4n) is 2.98. The molecule has 0 aliphatic carbocycles. The van der Waals surface area contributed by atoms with Gasteiger partial charge in [-0.15, -0.1) is 0 Å². The van der Waals surface area contributed by atoms with Gasteiger partial charge in [-0.3, -0.25) is 9.74 Å². The van der Waals surface area contributed by atoms with Crippen LogP contribution >= 0.6 is 0 Å². The Morgan fingerprint density at radius 3 is 2.69 bits per heavy atom. The molecule has 0 bridgehead atoms. The average molecular weight is 374 g/mol. The Bertz CT molecular complexity index is 654. The van der Waals surface area contributed by atoms with E-state index in [-0.39, 0.29) is 23.4 Å². The van der Waals surface area contributed by atoms with Crippen molar-refractivity contribution in [3.8, 4) is 5.75 Å². The first-order valence-electron chi connectivity index (χ1n) is 8.45. The Balaban J connectivity index is 1.85. The van der Waals surface area contributed by atoms with Gasteiger partial charge < -0.3 is 9.47 Å². The van der Waals surface area contributed by atoms with E-state index in [1.807, 2.05) is 4.90 Å². The maximum absolute atomic E-state index is 13.4. The maximum atomic E-state index is 13.4. The van der Waals surface area contributed by atoms with Gasteiger partial charge in [-0.25, -0.2) is 10.3 Å². The number of aryl methyl sites for hydroxylation is 1. The molecule has 144 valence electrons. The average Bonchev–Trinajstić information content (AvgIpc) is 3.12. The van der Waals surface area contributed by atoms with Crippen LogP contribution in [0.25, 0.3) is 0 Å². The zero-order valence-corrected chi connectivity index (χ0v) is 14.4. The molecule has 0 spiro atoms. The predicted molar refractivity (Wildman–Crippen MR) is 85.4 cm³/mol. The van der Waals surface area contributed by atoms with E-state index >= 15 is 0 Å². The van der Waals surface area contributed by atoms with Crippen molar-refractivity contribution >= 4 is 5.97 Å². The number of morpholine rings is 1. The summed E-state index contributed by atoms with van der Waals surface area (Å²) in [6.45, 7) is 4.22. The van der Waals surface area contributed by atoms with Crippen LogP contribution in [0, 0.1) is 6.92 Å². The molecule has 0 radical (unpaired) electrons. The molecule has 6 nitrogen and oxygen atoms in total. The van der Waals surface area contributed by atoms with Crippen molar-refractivity contribution < 1.29 is 32.3 Å². The molecule has 1 unspecified atom stereocenters. The number of benzene rings is 1. The van der Waals surface area contributed by atoms with Gasteiger partial charge in [0.1, 0.15) is 5.75 Å². The monoisotopic (exact) mass is 374 g/mol. The zero-order valence-electron chi connectivity index (χ0n) is 14.4. The minimum atomic E-state index is -4.48. The lowest BCUT2D eigenvalue weighted by Gasteiger charge is -2.28. The van der Waals surface area contributed by atoms with Gasteiger partial charge in [-0.1, -0.05) is 0 Å². The van der Waals surface area contributed by atoms with Crippen LogP contribution in [0.1, 0.15) is 23.1 Å². The topological polar surface area (TPSA) is 60.0 Å². The third kappa shape index (κ3) is 4.53. The van der Waals surface area contributed by atoms with E-state index < -0.39 is 23.8 Å². The molecule has 1 aromatic carbocycles. The van der Waals surface area contributed by atoms with Gasteiger partial charge in [0, 0.05) is 32.6 Å². The number of rotatable bonds is 4. The van der Waals surface area contributed by atoms with Gasteiger partial charge in [0.2, 0.25) is 0 Å². The molecule has 2 aliphatic rings. The Morgan fingerprint density at radius 2 is 2.08 bits per heavy atom. The minimum absolute atomic E-state index is 0.0817. The highest BCUT2D eigenvalue weighted by Gasteiger charge is 2.35. The molecule has 1 aromatic rings. The lowest BCUT2D eigenvalue weighted by molar-refractivity contribution is -0.147. The SMILES string of the molecule is Cc1cc(C(F)(F)F)c(CN2CCOCC2)cc1OC(=O)C1CCNO1. The van der Waals surface area contributed by atoms with Crippen LogP contribution in [0.4, 0.5) is 13.2 Å². The van der Waals surface area contributed by atoms with E-state index in [9.17, 15) is 18.0 Å². The smallest absolute Gasteiger partial charge is 0.416 e. The zero-order chi connectivity index (χ0) is 18.7. The number of ether oxygens (including phenoxy) is 2. The highest BCUT2D eigenvalue weighted by molar-refractivity contribution is 5.77. The van der Waals surface area contributed by atoms with Crippen molar-refractivity contribution in [3.63, 3.8) is 0 Å². The second kappa shape index (κ2) is 7.91. The summed E-state index contributed by atoms with van der Waals surface area (Å²) in [4.78, 5) is 19.0. The third-order valence-corrected chi connectivity index (χ3v) is 4.41. The van der Waals surface area contributed by atoms with Gasteiger partial charge >= 0.3 is 12.1 Å². The molecule has 0 aromatic heterocycles. The third-order valence-electron chi connectivity index (χ3n) is 4.41. The van der Waals surface area contributed by atoms with Gasteiger partial charge in [0.05, 0.1) is 18.8 Å². The molecule has 1 atom stereocenters. The minimum Gasteiger partial charge on any atom is -0.424 e. The first-order chi connectivity index (χ1) is 12.3. The Morgan fingerprint density at radius 1 is 1.35 bits per heavy atom. The quantitative estimate of drug-likeness (QED) is 0.643. The Labute approximate surface area is 149 Å². The van der Waals surface area contributed by atoms with Crippen molar-refractivity contribution in [1.82, 2.24) is 10.4 Å². The Hall–Kier alpha value is -1.68. The van der Waals surface area contributed by atoms with Crippen LogP contribution in [0.3, 0.4) is 0 Å². The highest BCUT2D eigenvalue weighted by Crippen LogP contribution is 2.36. The number of carbonyl (C=O) groups is 1. The van der Waals surface area contributed by atoms with Crippen LogP contribution in [0.15, 0.2) is 12.1 Å². The molecular weight excluding hydrogens is 353 g/mol. The van der Waals surface area contributed by atoms with Crippen LogP contribution in [-0.2, 0) is 27.1 Å². The first kappa shape index (κ1) is 19.1. The van der Waals surface area contributed by atoms with Crippen molar-refractivity contribution in [3.05, 3.63) is 28.8 Å². The summed E-state index contributed by atoms with van der Waals surface area (Å²) >= 11 is 0. The highest BCUT2D eigenvalue weighted by atomic mass is 19.4. The van der Waals surface area contributed by atoms with E-state index in [1.165, 1.54) is 13.0 Å². The van der Waals surface area contributed by atoms with Crippen LogP contribution < -0.4 is 10.2 Å². The van der Waals surface area contributed by atoms with Crippen molar-refractivity contribution in [2.45, 2.75) is 32.2 Å². The van der Waals surface area contributed by atoms with E-state index in [0.29, 0.717) is 39.3 Å². The molecule has 26 heavy (non-hydrogen) atoms. The molecule has 3 rings (SSSR count). The number of nitrogens with zero attached hydrogens (tertiary/aromatic N) is 1. The van der Waals surface area contributed by atoms with E-state index in [0.717, 1.165) is 6.07 Å². The summed E-state index contributed by atoms with van der Waals surface area (Å²) in [5.74, 6) is -0.489. The van der Waals surface area contributed by atoms with Crippen molar-refractivity contribution in [2.75, 3.05) is 32.8 Å². The fraction of sp³-hybridized carbons (Fsp3) is 0.588. The van der Waals surface area contributed by atoms with E-state index in [1.54, 1.807) is 0 Å². The second-order valence-corrected chi connectivity index (χ2v) is 6.37. The number of esters is 1. The van der Waals surface area contributed by atoms with Gasteiger partial charge in [-0.2, -0.15) is 13.2 Å². The fourth-order valence-corrected chi connectivity index (χ4v) is 2.98. The summed E-state index contributed by atoms with van der Waals surface area (Å²) in [5, 5.41) is 0. The summed E-state index contributed by atoms with van der Waals surface area (Å²) in [6.07, 6.45) is -4.77. The van der Waals surface area contributed by atoms with Crippen LogP contribution in [-0.4, -0.2) is 49.8 Å². The number of alkyl halides is 3. The lowest BCUT2D eigenvalue weighted by Crippen LogP contribution is -2.36. The van der Waals surface area contributed by atoms with E-state index in [2.05, 4.69) is 5.48 Å². The predicted octanol–water partition coefficient (Wildman–Crippen LogP) is 2.04. The second-order valence-electron chi connectivity index (χ2n) is 6.37. The largest absolute Gasteiger partial charge is 0.424 e. The summed E-state index contributed by atoms with van der Waals surface area (Å²) in [5.41, 5.74) is 2.21. The van der Waals surface area contributed by atoms with Crippen molar-refractivity contribution in [2.24, 2.45) is 0 Å². The summed E-state index contributed by atoms with van der Waals surface area (Å²) in [6, 6.07) is 2.35. The van der Waals surface area contributed by atoms with Gasteiger partial charge in [-0.05, 0) is 30.2 Å². The summed E-state index contributed by atoms with van der Waals surface area (Å²) in [7, 11) is 0. The standard InChI is InChI=1S/C17H21F3N2O4/c1-11-8-13(17(18,19)20)12(10-22-4-6-24-7-5-22)9-15(11)25-16(23)14-2-3-21-26-14/h8-9,14,21H,2-7,10H2,1H3. The molecule has 1 N–H and O–H groups in total. The lowest BCUT2D eigenvalue weighted by atomic mass is 10.0. The van der Waals surface area contributed by atoms with E-state index in [4.69, 9.17) is 14.3 Å². The molecule has 0 amide bonds. The molecule has 2 aliphatic heterocycles. The maximum Gasteiger partial charge on any atom is 0.416 e. The van der Waals surface area contributed by atoms with Gasteiger partial charge in [0.15, 0.2) is 6.10 Å². The number of nitrogens with one attached hydrogen (secondary N) is 1. The summed E-state index contributed by atoms with van der Waals surface area (Å²) < 4.78 is 50.9. The molecule has 9 heteroatoms. The number of hydroxylamine groups is 1. The molecule has 2 heterocycles. The normalized spacial score (nSPS) is 21.8. The van der Waals surface area contributed by atoms with Crippen molar-refractivity contribution in [1.29, 1.82) is 0 Å². The first-order valence-corrected chi connectivity index (χ1v) is 8.45. The van der Waals surface area contributed by atoms with Crippen LogP contribution in [0.2, 0.25) is 0 Å². The number of carbonyl (C=O) groups excluding carboxylic acids is 1. The van der Waals surface area contributed by atoms with Gasteiger partial charge in [0.25, 0.3) is 0 Å². The Kier molecular flexibility index (Phi) is 5.81. The molecule has 0 saturated carbocycles.